The van der Waals surface area contributed by atoms with Crippen LogP contribution in [-0.2, 0) is 23.7 Å². The summed E-state index contributed by atoms with van der Waals surface area (Å²) in [5, 5.41) is 13.5. The molecule has 7 rings (SSSR count). The molecular weight excluding hydrogens is 688 g/mol. The van der Waals surface area contributed by atoms with Gasteiger partial charge >= 0.3 is 12.2 Å². The number of imide groups is 6. The van der Waals surface area contributed by atoms with Crippen molar-refractivity contribution in [1.29, 1.82) is 0 Å². The fraction of sp³-hybridized carbons (Fsp3) is 0.333. The first kappa shape index (κ1) is 35.8. The van der Waals surface area contributed by atoms with Crippen LogP contribution in [0.15, 0.2) is 48.5 Å². The van der Waals surface area contributed by atoms with Crippen molar-refractivity contribution in [3.8, 4) is 0 Å². The average Bonchev–Trinajstić information content (AvgIpc) is 3.10. The number of amides is 6. The molecule has 0 fully saturated rings. The molecule has 0 unspecified atom stereocenters. The van der Waals surface area contributed by atoms with E-state index in [4.69, 9.17) is 28.8 Å². The van der Waals surface area contributed by atoms with Gasteiger partial charge in [0.15, 0.2) is 0 Å². The van der Waals surface area contributed by atoms with Crippen molar-refractivity contribution in [3.63, 3.8) is 0 Å². The predicted molar refractivity (Wildman–Crippen MR) is 190 cm³/mol. The Bertz CT molecular complexity index is 2280. The summed E-state index contributed by atoms with van der Waals surface area (Å²) in [4.78, 5) is 83.0. The Balaban J connectivity index is 1.28. The zero-order chi connectivity index (χ0) is 38.0. The lowest BCUT2D eigenvalue weighted by molar-refractivity contribution is -0.0488. The summed E-state index contributed by atoms with van der Waals surface area (Å²) < 4.78 is 26.8. The summed E-state index contributed by atoms with van der Waals surface area (Å²) in [6, 6.07) is 13.0. The lowest BCUT2D eigenvalue weighted by Crippen LogP contribution is -2.48. The average molecular weight is 725 g/mol. The number of hydrogen-bond acceptors (Lipinski definition) is 12. The molecule has 2 aliphatic heterocycles. The van der Waals surface area contributed by atoms with Gasteiger partial charge in [0.05, 0.1) is 39.6 Å². The van der Waals surface area contributed by atoms with Crippen molar-refractivity contribution in [2.75, 3.05) is 46.8 Å². The van der Waals surface area contributed by atoms with Gasteiger partial charge in [-0.25, -0.2) is 9.59 Å². The minimum Gasteiger partial charge on any atom is -0.440 e. The van der Waals surface area contributed by atoms with E-state index in [0.29, 0.717) is 59.5 Å². The van der Waals surface area contributed by atoms with Gasteiger partial charge in [0.2, 0.25) is 0 Å². The third-order valence-electron chi connectivity index (χ3n) is 9.29. The van der Waals surface area contributed by atoms with Gasteiger partial charge in [-0.3, -0.25) is 19.2 Å². The topological polar surface area (TPSA) is 175 Å². The number of hydrogen-bond donors (Lipinski definition) is 1. The van der Waals surface area contributed by atoms with Crippen LogP contribution >= 0.6 is 0 Å². The summed E-state index contributed by atoms with van der Waals surface area (Å²) in [5.41, 5.74) is -1.88. The van der Waals surface area contributed by atoms with Crippen LogP contribution in [0.1, 0.15) is 69.1 Å². The molecule has 14 nitrogen and oxygen atoms in total. The number of carbonyl (C=O) groups excluding carboxylic acids is 6. The van der Waals surface area contributed by atoms with Gasteiger partial charge in [0.25, 0.3) is 23.6 Å². The molecule has 0 saturated heterocycles. The number of ether oxygens (including phenoxy) is 5. The summed E-state index contributed by atoms with van der Waals surface area (Å²) >= 11 is 0. The Hall–Kier alpha value is -5.54. The molecule has 5 aromatic rings. The zero-order valence-electron chi connectivity index (χ0n) is 29.7. The Morgan fingerprint density at radius 2 is 0.887 bits per heavy atom. The highest BCUT2D eigenvalue weighted by atomic mass is 16.6. The Morgan fingerprint density at radius 3 is 1.21 bits per heavy atom. The summed E-state index contributed by atoms with van der Waals surface area (Å²) in [6.45, 7) is 6.65. The molecule has 0 spiro atoms. The van der Waals surface area contributed by atoms with E-state index in [9.17, 15) is 28.8 Å². The maximum absolute atomic E-state index is 13.9. The molecule has 0 aliphatic carbocycles. The third-order valence-corrected chi connectivity index (χ3v) is 9.29. The molecule has 2 aliphatic rings. The SMILES string of the molecule is COCCOCC(C)(C)OC(=O)N1C(=O)c2ccc3c4ccc5c6c(ccc(c7ccc(c2c37)C1=O)c64)C(=O)N(C(=O)OC(C)(C)COCCO)C5=O. The van der Waals surface area contributed by atoms with Crippen molar-refractivity contribution in [3.05, 3.63) is 70.8 Å². The smallest absolute Gasteiger partial charge is 0.424 e. The Morgan fingerprint density at radius 1 is 0.547 bits per heavy atom. The van der Waals surface area contributed by atoms with Crippen molar-refractivity contribution < 1.29 is 57.6 Å². The van der Waals surface area contributed by atoms with Gasteiger partial charge in [-0.1, -0.05) is 24.3 Å². The quantitative estimate of drug-likeness (QED) is 0.0793. The fourth-order valence-electron chi connectivity index (χ4n) is 7.07. The summed E-state index contributed by atoms with van der Waals surface area (Å²) in [6.07, 6.45) is -2.29. The number of aliphatic hydroxyl groups excluding tert-OH is 1. The molecule has 0 aromatic heterocycles. The van der Waals surface area contributed by atoms with Gasteiger partial charge < -0.3 is 28.8 Å². The van der Waals surface area contributed by atoms with Crippen molar-refractivity contribution in [2.24, 2.45) is 0 Å². The Labute approximate surface area is 302 Å². The minimum absolute atomic E-state index is 0.00460. The van der Waals surface area contributed by atoms with Crippen molar-refractivity contribution >= 4 is 78.9 Å². The summed E-state index contributed by atoms with van der Waals surface area (Å²) in [7, 11) is 1.53. The van der Waals surface area contributed by atoms with Crippen LogP contribution in [0.5, 0.6) is 0 Å². The number of rotatable bonds is 11. The largest absolute Gasteiger partial charge is 0.440 e. The van der Waals surface area contributed by atoms with E-state index < -0.39 is 47.0 Å². The molecule has 0 bridgehead atoms. The molecule has 6 amide bonds. The number of nitrogens with zero attached hydrogens (tertiary/aromatic N) is 2. The van der Waals surface area contributed by atoms with E-state index in [1.807, 2.05) is 0 Å². The highest BCUT2D eigenvalue weighted by Gasteiger charge is 2.43. The highest BCUT2D eigenvalue weighted by molar-refractivity contribution is 6.42. The van der Waals surface area contributed by atoms with Gasteiger partial charge in [-0.15, -0.1) is 0 Å². The Kier molecular flexibility index (Phi) is 8.89. The molecule has 53 heavy (non-hydrogen) atoms. The van der Waals surface area contributed by atoms with Gasteiger partial charge in [-0.05, 0) is 84.3 Å². The van der Waals surface area contributed by atoms with Crippen LogP contribution in [0.3, 0.4) is 0 Å². The second kappa shape index (κ2) is 13.1. The van der Waals surface area contributed by atoms with Crippen LogP contribution in [0, 0.1) is 0 Å². The minimum atomic E-state index is -1.21. The number of carbonyl (C=O) groups is 6. The van der Waals surface area contributed by atoms with Gasteiger partial charge in [-0.2, -0.15) is 9.80 Å². The van der Waals surface area contributed by atoms with Crippen LogP contribution in [0.4, 0.5) is 9.59 Å². The van der Waals surface area contributed by atoms with Gasteiger partial charge in [0, 0.05) is 40.1 Å². The first-order valence-electron chi connectivity index (χ1n) is 16.9. The van der Waals surface area contributed by atoms with E-state index in [-0.39, 0.29) is 55.3 Å². The maximum Gasteiger partial charge on any atom is 0.424 e. The third kappa shape index (κ3) is 5.83. The normalized spacial score (nSPS) is 14.8. The van der Waals surface area contributed by atoms with Crippen molar-refractivity contribution in [2.45, 2.75) is 38.9 Å². The molecule has 5 aromatic carbocycles. The van der Waals surface area contributed by atoms with E-state index in [2.05, 4.69) is 0 Å². The number of benzene rings is 5. The van der Waals surface area contributed by atoms with E-state index in [1.165, 1.54) is 19.2 Å². The van der Waals surface area contributed by atoms with Crippen molar-refractivity contribution in [1.82, 2.24) is 9.80 Å². The fourth-order valence-corrected chi connectivity index (χ4v) is 7.07. The van der Waals surface area contributed by atoms with Crippen LogP contribution in [-0.4, -0.2) is 109 Å². The molecule has 0 saturated carbocycles. The summed E-state index contributed by atoms with van der Waals surface area (Å²) in [5.74, 6) is -3.39. The van der Waals surface area contributed by atoms with Crippen LogP contribution < -0.4 is 0 Å². The number of methoxy groups -OCH3 is 1. The number of aliphatic hydroxyl groups is 1. The van der Waals surface area contributed by atoms with Crippen LogP contribution in [0.2, 0.25) is 0 Å². The maximum atomic E-state index is 13.9. The highest BCUT2D eigenvalue weighted by Crippen LogP contribution is 2.46. The van der Waals surface area contributed by atoms with Crippen LogP contribution in [0.25, 0.3) is 43.1 Å². The molecule has 274 valence electrons. The van der Waals surface area contributed by atoms with Gasteiger partial charge in [0.1, 0.15) is 11.2 Å². The monoisotopic (exact) mass is 724 g/mol. The molecular formula is C39H36N2O12. The van der Waals surface area contributed by atoms with E-state index >= 15 is 0 Å². The first-order chi connectivity index (χ1) is 25.2. The molecule has 0 radical (unpaired) electrons. The molecule has 0 atom stereocenters. The molecule has 2 heterocycles. The second-order valence-electron chi connectivity index (χ2n) is 14.1. The second-order valence-corrected chi connectivity index (χ2v) is 14.1. The standard InChI is InChI=1S/C39H36N2O12/c1-38(2,18-50-15-14-42)52-36(47)40-32(43)24-10-6-20-22-8-12-26-31-27(13-9-23(29(22)31)21-7-11-25(33(40)44)30(24)28(20)21)35(46)41(34(26)45)37(48)53-39(3,4)19-51-17-16-49-5/h6-13,42H,14-19H2,1-5H3. The molecule has 14 heteroatoms. The lowest BCUT2D eigenvalue weighted by atomic mass is 9.82. The first-order valence-corrected chi connectivity index (χ1v) is 16.9. The zero-order valence-corrected chi connectivity index (χ0v) is 29.7. The lowest BCUT2D eigenvalue weighted by Gasteiger charge is -2.31. The van der Waals surface area contributed by atoms with E-state index in [0.717, 1.165) is 0 Å². The van der Waals surface area contributed by atoms with E-state index in [1.54, 1.807) is 64.1 Å². The predicted octanol–water partition coefficient (Wildman–Crippen LogP) is 5.43. The number of fused-ring (bicyclic) bond motifs is 2. The molecule has 1 N–H and O–H groups in total.